The Bertz CT molecular complexity index is 549. The zero-order chi connectivity index (χ0) is 15.7. The Kier molecular flexibility index (Phi) is 5.74. The van der Waals surface area contributed by atoms with Crippen LogP contribution in [0.5, 0.6) is 0 Å². The van der Waals surface area contributed by atoms with Gasteiger partial charge in [0, 0.05) is 43.9 Å². The van der Waals surface area contributed by atoms with Crippen LogP contribution in [0.1, 0.15) is 61.8 Å². The van der Waals surface area contributed by atoms with Gasteiger partial charge in [0.05, 0.1) is 0 Å². The lowest BCUT2D eigenvalue weighted by atomic mass is 9.77. The normalized spacial score (nSPS) is 22.0. The van der Waals surface area contributed by atoms with Crippen molar-refractivity contribution >= 4 is 18.3 Å². The summed E-state index contributed by atoms with van der Waals surface area (Å²) in [6, 6.07) is 0. The van der Waals surface area contributed by atoms with Crippen molar-refractivity contribution < 1.29 is 4.79 Å². The average molecular weight is 341 g/mol. The van der Waals surface area contributed by atoms with Crippen molar-refractivity contribution in [3.05, 3.63) is 17.0 Å². The SMILES string of the molecule is CC(C)(C)C1CCCN(C(=O)c2n[nH]c3c2CNCC3)CC1.Cl. The van der Waals surface area contributed by atoms with Crippen LogP contribution in [0.3, 0.4) is 0 Å². The molecule has 0 radical (unpaired) electrons. The molecule has 0 aromatic carbocycles. The largest absolute Gasteiger partial charge is 0.337 e. The first-order chi connectivity index (χ1) is 10.5. The molecule has 6 heteroatoms. The Morgan fingerprint density at radius 1 is 1.26 bits per heavy atom. The monoisotopic (exact) mass is 340 g/mol. The van der Waals surface area contributed by atoms with Crippen LogP contribution >= 0.6 is 12.4 Å². The van der Waals surface area contributed by atoms with Crippen molar-refractivity contribution in [2.45, 2.75) is 53.0 Å². The number of hydrogen-bond donors (Lipinski definition) is 2. The third kappa shape index (κ3) is 3.89. The van der Waals surface area contributed by atoms with Gasteiger partial charge in [0.2, 0.25) is 0 Å². The van der Waals surface area contributed by atoms with Gasteiger partial charge in [-0.1, -0.05) is 20.8 Å². The molecular weight excluding hydrogens is 312 g/mol. The molecule has 5 nitrogen and oxygen atoms in total. The van der Waals surface area contributed by atoms with Crippen molar-refractivity contribution in [1.82, 2.24) is 20.4 Å². The van der Waals surface area contributed by atoms with Crippen LogP contribution in [0.25, 0.3) is 0 Å². The first-order valence-electron chi connectivity index (χ1n) is 8.53. The van der Waals surface area contributed by atoms with Gasteiger partial charge < -0.3 is 10.2 Å². The summed E-state index contributed by atoms with van der Waals surface area (Å²) >= 11 is 0. The summed E-state index contributed by atoms with van der Waals surface area (Å²) < 4.78 is 0. The Balaban J connectivity index is 0.00000192. The molecule has 23 heavy (non-hydrogen) atoms. The van der Waals surface area contributed by atoms with E-state index in [1.54, 1.807) is 0 Å². The first kappa shape index (κ1) is 18.3. The predicted molar refractivity (Wildman–Crippen MR) is 93.9 cm³/mol. The summed E-state index contributed by atoms with van der Waals surface area (Å²) in [5, 5.41) is 10.7. The zero-order valence-electron chi connectivity index (χ0n) is 14.4. The van der Waals surface area contributed by atoms with Gasteiger partial charge in [-0.3, -0.25) is 9.89 Å². The van der Waals surface area contributed by atoms with E-state index in [-0.39, 0.29) is 18.3 Å². The van der Waals surface area contributed by atoms with Crippen molar-refractivity contribution in [1.29, 1.82) is 0 Å². The Morgan fingerprint density at radius 3 is 2.78 bits per heavy atom. The number of likely N-dealkylation sites (tertiary alicyclic amines) is 1. The Morgan fingerprint density at radius 2 is 2.04 bits per heavy atom. The summed E-state index contributed by atoms with van der Waals surface area (Å²) in [7, 11) is 0. The van der Waals surface area contributed by atoms with E-state index < -0.39 is 0 Å². The lowest BCUT2D eigenvalue weighted by Gasteiger charge is -2.29. The van der Waals surface area contributed by atoms with Crippen LogP contribution in [-0.4, -0.2) is 40.6 Å². The van der Waals surface area contributed by atoms with Gasteiger partial charge in [-0.15, -0.1) is 12.4 Å². The molecule has 1 saturated heterocycles. The molecular formula is C17H29ClN4O. The quantitative estimate of drug-likeness (QED) is 0.826. The lowest BCUT2D eigenvalue weighted by molar-refractivity contribution is 0.0748. The topological polar surface area (TPSA) is 61.0 Å². The average Bonchev–Trinajstić information content (AvgIpc) is 2.73. The molecule has 1 amide bonds. The summed E-state index contributed by atoms with van der Waals surface area (Å²) in [6.07, 6.45) is 4.34. The van der Waals surface area contributed by atoms with E-state index >= 15 is 0 Å². The summed E-state index contributed by atoms with van der Waals surface area (Å²) in [5.41, 5.74) is 3.17. The van der Waals surface area contributed by atoms with Gasteiger partial charge in [0.1, 0.15) is 0 Å². The highest BCUT2D eigenvalue weighted by Gasteiger charge is 2.30. The van der Waals surface area contributed by atoms with Gasteiger partial charge >= 0.3 is 0 Å². The number of carbonyl (C=O) groups excluding carboxylic acids is 1. The second-order valence-corrected chi connectivity index (χ2v) is 7.74. The highest BCUT2D eigenvalue weighted by atomic mass is 35.5. The predicted octanol–water partition coefficient (Wildman–Crippen LogP) is 2.77. The third-order valence-corrected chi connectivity index (χ3v) is 5.25. The van der Waals surface area contributed by atoms with E-state index in [4.69, 9.17) is 0 Å². The summed E-state index contributed by atoms with van der Waals surface area (Å²) in [4.78, 5) is 14.9. The smallest absolute Gasteiger partial charge is 0.274 e. The number of halogens is 1. The molecule has 2 aliphatic rings. The minimum atomic E-state index is 0. The lowest BCUT2D eigenvalue weighted by Crippen LogP contribution is -2.34. The second-order valence-electron chi connectivity index (χ2n) is 7.74. The molecule has 0 spiro atoms. The van der Waals surface area contributed by atoms with Crippen molar-refractivity contribution in [2.75, 3.05) is 19.6 Å². The van der Waals surface area contributed by atoms with E-state index in [1.165, 1.54) is 6.42 Å². The molecule has 130 valence electrons. The minimum Gasteiger partial charge on any atom is -0.337 e. The molecule has 0 bridgehead atoms. The molecule has 2 aliphatic heterocycles. The highest BCUT2D eigenvalue weighted by Crippen LogP contribution is 2.34. The molecule has 3 rings (SSSR count). The molecule has 3 heterocycles. The fraction of sp³-hybridized carbons (Fsp3) is 0.765. The van der Waals surface area contributed by atoms with Gasteiger partial charge in [-0.05, 0) is 30.6 Å². The van der Waals surface area contributed by atoms with Gasteiger partial charge in [0.25, 0.3) is 5.91 Å². The van der Waals surface area contributed by atoms with E-state index in [0.717, 1.165) is 56.7 Å². The number of nitrogens with one attached hydrogen (secondary N) is 2. The molecule has 1 aromatic heterocycles. The van der Waals surface area contributed by atoms with Crippen LogP contribution in [0.4, 0.5) is 0 Å². The summed E-state index contributed by atoms with van der Waals surface area (Å²) in [6.45, 7) is 10.4. The number of nitrogens with zero attached hydrogens (tertiary/aromatic N) is 2. The zero-order valence-corrected chi connectivity index (χ0v) is 15.3. The van der Waals surface area contributed by atoms with E-state index in [0.29, 0.717) is 17.0 Å². The minimum absolute atomic E-state index is 0. The van der Waals surface area contributed by atoms with Crippen LogP contribution in [-0.2, 0) is 13.0 Å². The number of aromatic nitrogens is 2. The van der Waals surface area contributed by atoms with Gasteiger partial charge in [0.15, 0.2) is 5.69 Å². The number of fused-ring (bicyclic) bond motifs is 1. The number of H-pyrrole nitrogens is 1. The maximum atomic E-state index is 12.9. The Hall–Kier alpha value is -1.07. The molecule has 0 saturated carbocycles. The maximum Gasteiger partial charge on any atom is 0.274 e. The fourth-order valence-electron chi connectivity index (χ4n) is 3.72. The highest BCUT2D eigenvalue weighted by molar-refractivity contribution is 5.94. The number of rotatable bonds is 1. The fourth-order valence-corrected chi connectivity index (χ4v) is 3.72. The number of aromatic amines is 1. The standard InChI is InChI=1S/C17H28N4O.ClH/c1-17(2,3)12-5-4-9-21(10-7-12)16(22)15-13-11-18-8-6-14(13)19-20-15;/h12,18H,4-11H2,1-3H3,(H,19,20);1H. The van der Waals surface area contributed by atoms with Crippen LogP contribution in [0.15, 0.2) is 0 Å². The molecule has 2 N–H and O–H groups in total. The van der Waals surface area contributed by atoms with Crippen LogP contribution in [0, 0.1) is 11.3 Å². The second kappa shape index (κ2) is 7.22. The van der Waals surface area contributed by atoms with Gasteiger partial charge in [-0.2, -0.15) is 5.10 Å². The molecule has 1 unspecified atom stereocenters. The number of hydrogen-bond acceptors (Lipinski definition) is 3. The van der Waals surface area contributed by atoms with E-state index in [9.17, 15) is 4.79 Å². The van der Waals surface area contributed by atoms with Crippen LogP contribution in [0.2, 0.25) is 0 Å². The molecule has 0 aliphatic carbocycles. The molecule has 1 atom stereocenters. The van der Waals surface area contributed by atoms with E-state index in [1.807, 2.05) is 4.90 Å². The van der Waals surface area contributed by atoms with E-state index in [2.05, 4.69) is 36.3 Å². The van der Waals surface area contributed by atoms with Crippen LogP contribution < -0.4 is 5.32 Å². The maximum absolute atomic E-state index is 12.9. The summed E-state index contributed by atoms with van der Waals surface area (Å²) in [5.74, 6) is 0.802. The van der Waals surface area contributed by atoms with Crippen molar-refractivity contribution in [3.63, 3.8) is 0 Å². The number of amides is 1. The molecule has 1 aromatic rings. The van der Waals surface area contributed by atoms with Crippen molar-refractivity contribution in [3.8, 4) is 0 Å². The van der Waals surface area contributed by atoms with Crippen molar-refractivity contribution in [2.24, 2.45) is 11.3 Å². The first-order valence-corrected chi connectivity index (χ1v) is 8.53. The Labute approximate surface area is 145 Å². The van der Waals surface area contributed by atoms with Gasteiger partial charge in [-0.25, -0.2) is 0 Å². The number of carbonyl (C=O) groups is 1. The third-order valence-electron chi connectivity index (χ3n) is 5.25. The molecule has 1 fully saturated rings.